The number of rotatable bonds is 4. The highest BCUT2D eigenvalue weighted by Gasteiger charge is 2.29. The van der Waals surface area contributed by atoms with E-state index in [0.29, 0.717) is 12.8 Å². The largest absolute Gasteiger partial charge is 0.406 e. The van der Waals surface area contributed by atoms with E-state index in [9.17, 15) is 21.6 Å². The van der Waals surface area contributed by atoms with E-state index in [4.69, 9.17) is 0 Å². The number of sulfone groups is 1. The molecule has 1 fully saturated rings. The Morgan fingerprint density at radius 2 is 2.20 bits per heavy atom. The van der Waals surface area contributed by atoms with Crippen molar-refractivity contribution in [2.24, 2.45) is 0 Å². The highest BCUT2D eigenvalue weighted by atomic mass is 32.2. The van der Waals surface area contributed by atoms with Gasteiger partial charge in [-0.2, -0.15) is 13.2 Å². The van der Waals surface area contributed by atoms with Gasteiger partial charge in [-0.15, -0.1) is 0 Å². The van der Waals surface area contributed by atoms with Gasteiger partial charge >= 0.3 is 6.18 Å². The highest BCUT2D eigenvalue weighted by Crippen LogP contribution is 2.18. The van der Waals surface area contributed by atoms with Crippen molar-refractivity contribution in [3.8, 4) is 0 Å². The van der Waals surface area contributed by atoms with Crippen LogP contribution in [0, 0.1) is 0 Å². The number of nitrogens with zero attached hydrogens (tertiary/aromatic N) is 2. The maximum Gasteiger partial charge on any atom is 0.406 e. The molecule has 1 atom stereocenters. The first kappa shape index (κ1) is 15.3. The summed E-state index contributed by atoms with van der Waals surface area (Å²) in [5.41, 5.74) is 0. The molecular formula is C11H16F3N3O2S. The molecule has 0 aliphatic carbocycles. The molecule has 1 unspecified atom stereocenters. The molecule has 0 amide bonds. The maximum absolute atomic E-state index is 12.3. The summed E-state index contributed by atoms with van der Waals surface area (Å²) in [5, 5.41) is 2.98. The first-order valence-corrected chi connectivity index (χ1v) is 8.08. The van der Waals surface area contributed by atoms with Gasteiger partial charge in [-0.05, 0) is 12.8 Å². The molecule has 2 heterocycles. The van der Waals surface area contributed by atoms with Crippen LogP contribution in [0.3, 0.4) is 0 Å². The van der Waals surface area contributed by atoms with Crippen LogP contribution in [0.4, 0.5) is 13.2 Å². The zero-order valence-corrected chi connectivity index (χ0v) is 11.5. The molecule has 0 spiro atoms. The molecule has 1 aromatic rings. The molecule has 1 N–H and O–H groups in total. The van der Waals surface area contributed by atoms with Gasteiger partial charge in [-0.25, -0.2) is 13.4 Å². The van der Waals surface area contributed by atoms with Crippen molar-refractivity contribution in [1.29, 1.82) is 0 Å². The quantitative estimate of drug-likeness (QED) is 0.905. The number of imidazole rings is 1. The predicted molar refractivity (Wildman–Crippen MR) is 66.8 cm³/mol. The summed E-state index contributed by atoms with van der Waals surface area (Å²) in [5.74, 6) is 0.478. The average molecular weight is 311 g/mol. The fraction of sp³-hybridized carbons (Fsp3) is 0.727. The van der Waals surface area contributed by atoms with Gasteiger partial charge in [-0.3, -0.25) is 0 Å². The average Bonchev–Trinajstić information content (AvgIpc) is 2.70. The lowest BCUT2D eigenvalue weighted by Crippen LogP contribution is -2.40. The number of aromatic nitrogens is 2. The first-order chi connectivity index (χ1) is 9.25. The Hall–Kier alpha value is -1.09. The summed E-state index contributed by atoms with van der Waals surface area (Å²) >= 11 is 0. The molecule has 1 aliphatic rings. The Balaban J connectivity index is 1.93. The molecule has 1 aromatic heterocycles. The van der Waals surface area contributed by atoms with E-state index in [1.807, 2.05) is 0 Å². The summed E-state index contributed by atoms with van der Waals surface area (Å²) in [6, 6.07) is -0.218. The Bertz CT molecular complexity index is 554. The first-order valence-electron chi connectivity index (χ1n) is 6.26. The van der Waals surface area contributed by atoms with Crippen molar-refractivity contribution in [2.45, 2.75) is 38.1 Å². The number of alkyl halides is 3. The summed E-state index contributed by atoms with van der Waals surface area (Å²) in [7, 11) is -3.03. The zero-order chi connectivity index (χ0) is 14.8. The molecule has 2 rings (SSSR count). The summed E-state index contributed by atoms with van der Waals surface area (Å²) in [4.78, 5) is 3.87. The van der Waals surface area contributed by atoms with Gasteiger partial charge < -0.3 is 9.88 Å². The van der Waals surface area contributed by atoms with E-state index in [2.05, 4.69) is 10.3 Å². The van der Waals surface area contributed by atoms with Crippen molar-refractivity contribution in [3.05, 3.63) is 18.2 Å². The van der Waals surface area contributed by atoms with Crippen molar-refractivity contribution in [3.63, 3.8) is 0 Å². The number of hydrogen-bond donors (Lipinski definition) is 1. The molecule has 5 nitrogen and oxygen atoms in total. The lowest BCUT2D eigenvalue weighted by molar-refractivity contribution is -0.141. The molecule has 0 saturated carbocycles. The summed E-state index contributed by atoms with van der Waals surface area (Å²) < 4.78 is 61.0. The van der Waals surface area contributed by atoms with Crippen molar-refractivity contribution in [2.75, 3.05) is 11.5 Å². The SMILES string of the molecule is O=S1(=O)CCCC(NCc2nccn2CC(F)(F)F)C1. The van der Waals surface area contributed by atoms with E-state index >= 15 is 0 Å². The third-order valence-electron chi connectivity index (χ3n) is 3.16. The van der Waals surface area contributed by atoms with E-state index in [1.165, 1.54) is 12.4 Å². The van der Waals surface area contributed by atoms with Crippen molar-refractivity contribution >= 4 is 9.84 Å². The fourth-order valence-electron chi connectivity index (χ4n) is 2.26. The Morgan fingerprint density at radius 3 is 2.85 bits per heavy atom. The lowest BCUT2D eigenvalue weighted by Gasteiger charge is -2.23. The fourth-order valence-corrected chi connectivity index (χ4v) is 3.93. The molecule has 114 valence electrons. The molecule has 0 bridgehead atoms. The van der Waals surface area contributed by atoms with Crippen LogP contribution < -0.4 is 5.32 Å². The molecular weight excluding hydrogens is 295 g/mol. The molecule has 20 heavy (non-hydrogen) atoms. The van der Waals surface area contributed by atoms with Crippen LogP contribution in [-0.4, -0.2) is 41.7 Å². The van der Waals surface area contributed by atoms with Gasteiger partial charge in [0, 0.05) is 18.4 Å². The molecule has 9 heteroatoms. The van der Waals surface area contributed by atoms with Crippen LogP contribution in [0.5, 0.6) is 0 Å². The Kier molecular flexibility index (Phi) is 4.38. The number of hydrogen-bond acceptors (Lipinski definition) is 4. The number of nitrogens with one attached hydrogen (secondary N) is 1. The topological polar surface area (TPSA) is 64.0 Å². The standard InChI is InChI=1S/C11H16F3N3O2S/c12-11(13,14)8-17-4-3-15-10(17)6-16-9-2-1-5-20(18,19)7-9/h3-4,9,16H,1-2,5-8H2. The minimum atomic E-state index is -4.30. The predicted octanol–water partition coefficient (Wildman–Crippen LogP) is 1.11. The lowest BCUT2D eigenvalue weighted by atomic mass is 10.2. The van der Waals surface area contributed by atoms with Crippen LogP contribution in [0.1, 0.15) is 18.7 Å². The monoisotopic (exact) mass is 311 g/mol. The van der Waals surface area contributed by atoms with Gasteiger partial charge in [0.1, 0.15) is 12.4 Å². The normalized spacial score (nSPS) is 22.9. The van der Waals surface area contributed by atoms with E-state index in [1.54, 1.807) is 0 Å². The minimum Gasteiger partial charge on any atom is -0.325 e. The summed E-state index contributed by atoms with van der Waals surface area (Å²) in [6.45, 7) is -0.962. The third-order valence-corrected chi connectivity index (χ3v) is 4.98. The van der Waals surface area contributed by atoms with Crippen LogP contribution >= 0.6 is 0 Å². The zero-order valence-electron chi connectivity index (χ0n) is 10.7. The highest BCUT2D eigenvalue weighted by molar-refractivity contribution is 7.91. The molecule has 1 saturated heterocycles. The second-order valence-electron chi connectivity index (χ2n) is 4.92. The van der Waals surface area contributed by atoms with E-state index in [-0.39, 0.29) is 29.9 Å². The molecule has 0 radical (unpaired) electrons. The Morgan fingerprint density at radius 1 is 1.45 bits per heavy atom. The van der Waals surface area contributed by atoms with Crippen LogP contribution in [-0.2, 0) is 22.9 Å². The van der Waals surface area contributed by atoms with Crippen LogP contribution in [0.15, 0.2) is 12.4 Å². The number of halogens is 3. The van der Waals surface area contributed by atoms with Gasteiger partial charge in [0.15, 0.2) is 9.84 Å². The van der Waals surface area contributed by atoms with Gasteiger partial charge in [0.25, 0.3) is 0 Å². The molecule has 0 aromatic carbocycles. The van der Waals surface area contributed by atoms with Crippen LogP contribution in [0.2, 0.25) is 0 Å². The molecule has 1 aliphatic heterocycles. The van der Waals surface area contributed by atoms with Gasteiger partial charge in [-0.1, -0.05) is 0 Å². The van der Waals surface area contributed by atoms with Gasteiger partial charge in [0.05, 0.1) is 18.1 Å². The second kappa shape index (κ2) is 5.72. The smallest absolute Gasteiger partial charge is 0.325 e. The van der Waals surface area contributed by atoms with Crippen molar-refractivity contribution < 1.29 is 21.6 Å². The second-order valence-corrected chi connectivity index (χ2v) is 7.15. The van der Waals surface area contributed by atoms with Gasteiger partial charge in [0.2, 0.25) is 0 Å². The Labute approximate surface area is 115 Å². The van der Waals surface area contributed by atoms with E-state index in [0.717, 1.165) is 4.57 Å². The van der Waals surface area contributed by atoms with Crippen LogP contribution in [0.25, 0.3) is 0 Å². The van der Waals surface area contributed by atoms with Crippen molar-refractivity contribution in [1.82, 2.24) is 14.9 Å². The third kappa shape index (κ3) is 4.48. The summed E-state index contributed by atoms with van der Waals surface area (Å²) in [6.07, 6.45) is -0.442. The van der Waals surface area contributed by atoms with E-state index < -0.39 is 22.6 Å². The minimum absolute atomic E-state index is 0.0347. The maximum atomic E-state index is 12.3.